The van der Waals surface area contributed by atoms with Gasteiger partial charge < -0.3 is 62.5 Å². The molecule has 3 atom stereocenters. The molecule has 386 valence electrons. The Morgan fingerprint density at radius 1 is 0.493 bits per heavy atom. The summed E-state index contributed by atoms with van der Waals surface area (Å²) in [4.78, 5) is 85.1. The molecule has 0 saturated carbocycles. The molecule has 19 heteroatoms. The van der Waals surface area contributed by atoms with Gasteiger partial charge in [-0.1, -0.05) is 147 Å². The lowest BCUT2D eigenvalue weighted by Gasteiger charge is -2.21. The Bertz CT molecular complexity index is 1810. The number of carbonyl (C=O) groups excluding carboxylic acids is 6. The number of nitrogens with one attached hydrogen (secondary N) is 5. The average molecular weight is 970 g/mol. The largest absolute Gasteiger partial charge is 0.480 e. The summed E-state index contributed by atoms with van der Waals surface area (Å²) in [5.41, 5.74) is 12.4. The van der Waals surface area contributed by atoms with E-state index in [1.54, 1.807) is 0 Å². The zero-order valence-corrected chi connectivity index (χ0v) is 39.4. The van der Waals surface area contributed by atoms with Crippen LogP contribution in [0.2, 0.25) is 0 Å². The minimum absolute atomic E-state index is 0. The van der Waals surface area contributed by atoms with Crippen molar-refractivity contribution in [2.75, 3.05) is 26.2 Å². The molecule has 0 radical (unpaired) electrons. The SMILES string of the molecule is C.C.CC(C)C[C@H](NC(=O)OCc1ccccc1)C(=O)NCC(=O)CNC(=O)[C@H](CC(C)C)NC(=O)OCc1ccccc1.CC(C)C[C@H](NC(=O)OCc1ccccc1)C(=O)O.NCC(O)CN. The Hall–Kier alpha value is -6.57. The molecule has 3 aromatic rings. The van der Waals surface area contributed by atoms with Crippen LogP contribution < -0.4 is 38.1 Å². The second kappa shape index (κ2) is 37.4. The van der Waals surface area contributed by atoms with Crippen LogP contribution in [-0.4, -0.2) is 102 Å². The third-order valence-electron chi connectivity index (χ3n) is 9.03. The van der Waals surface area contributed by atoms with Crippen LogP contribution in [0.1, 0.15) is 92.3 Å². The van der Waals surface area contributed by atoms with Crippen molar-refractivity contribution in [3.8, 4) is 0 Å². The summed E-state index contributed by atoms with van der Waals surface area (Å²) in [6.45, 7) is 11.4. The number of carbonyl (C=O) groups is 7. The number of benzene rings is 3. The zero-order valence-electron chi connectivity index (χ0n) is 39.4. The number of alkyl carbamates (subject to hydrolysis) is 3. The first kappa shape index (κ1) is 64.5. The molecule has 0 aliphatic heterocycles. The average Bonchev–Trinajstić information content (AvgIpc) is 3.30. The lowest BCUT2D eigenvalue weighted by atomic mass is 10.0. The van der Waals surface area contributed by atoms with E-state index in [0.29, 0.717) is 19.3 Å². The molecular formula is C50H79N7O12. The molecule has 0 saturated heterocycles. The maximum atomic E-state index is 12.8. The molecule has 0 aliphatic rings. The Morgan fingerprint density at radius 3 is 1.01 bits per heavy atom. The molecule has 0 aromatic heterocycles. The summed E-state index contributed by atoms with van der Waals surface area (Å²) in [5, 5.41) is 29.9. The monoisotopic (exact) mass is 970 g/mol. The molecule has 0 aliphatic carbocycles. The highest BCUT2D eigenvalue weighted by molar-refractivity contribution is 5.93. The van der Waals surface area contributed by atoms with Crippen LogP contribution in [0, 0.1) is 17.8 Å². The summed E-state index contributed by atoms with van der Waals surface area (Å²) >= 11 is 0. The number of carboxylic acid groups (broad SMARTS) is 1. The van der Waals surface area contributed by atoms with Gasteiger partial charge in [-0.3, -0.25) is 14.4 Å². The minimum atomic E-state index is -1.05. The van der Waals surface area contributed by atoms with Gasteiger partial charge in [0.25, 0.3) is 0 Å². The third-order valence-corrected chi connectivity index (χ3v) is 9.03. The highest BCUT2D eigenvalue weighted by atomic mass is 16.6. The van der Waals surface area contributed by atoms with Gasteiger partial charge in [0.2, 0.25) is 11.8 Å². The molecule has 0 heterocycles. The standard InChI is InChI=1S/C31H42N4O7.C14H19NO4.C3H10N2O.2CH4/c1-21(2)15-26(34-30(39)41-19-23-11-7-5-8-12-23)28(37)32-17-25(36)18-33-29(38)27(16-22(3)4)35-31(40)42-20-24-13-9-6-10-14-24;1-10(2)8-12(13(16)17)15-14(18)19-9-11-6-4-3-5-7-11;4-1-3(6)2-5;;/h5-14,21-22,26-27H,15-20H2,1-4H3,(H,32,37)(H,33,38)(H,34,39)(H,35,40);3-7,10,12H,8-9H2,1-2H3,(H,15,18)(H,16,17);3,6H,1-2,4-5H2;2*1H4/t26-,27-;12-;;;/m00.../s1. The van der Waals surface area contributed by atoms with Gasteiger partial charge in [-0.15, -0.1) is 0 Å². The number of aliphatic hydroxyl groups excluding tert-OH is 1. The number of carboxylic acids is 1. The van der Waals surface area contributed by atoms with Gasteiger partial charge in [0.05, 0.1) is 19.2 Å². The minimum Gasteiger partial charge on any atom is -0.480 e. The Morgan fingerprint density at radius 2 is 0.768 bits per heavy atom. The first-order chi connectivity index (χ1) is 31.8. The van der Waals surface area contributed by atoms with E-state index in [1.165, 1.54) is 0 Å². The van der Waals surface area contributed by atoms with Crippen molar-refractivity contribution in [2.45, 2.75) is 120 Å². The summed E-state index contributed by atoms with van der Waals surface area (Å²) in [5.74, 6) is -2.26. The van der Waals surface area contributed by atoms with Gasteiger partial charge in [-0.05, 0) is 53.7 Å². The van der Waals surface area contributed by atoms with Crippen LogP contribution in [0.3, 0.4) is 0 Å². The van der Waals surface area contributed by atoms with Crippen LogP contribution in [0.5, 0.6) is 0 Å². The van der Waals surface area contributed by atoms with Gasteiger partial charge in [0.1, 0.15) is 37.9 Å². The Balaban J connectivity index is 0. The highest BCUT2D eigenvalue weighted by Crippen LogP contribution is 2.09. The van der Waals surface area contributed by atoms with Gasteiger partial charge >= 0.3 is 24.2 Å². The summed E-state index contributed by atoms with van der Waals surface area (Å²) < 4.78 is 15.4. The maximum Gasteiger partial charge on any atom is 0.408 e. The number of ether oxygens (including phenoxy) is 3. The van der Waals surface area contributed by atoms with Crippen molar-refractivity contribution >= 4 is 41.8 Å². The highest BCUT2D eigenvalue weighted by Gasteiger charge is 2.26. The van der Waals surface area contributed by atoms with E-state index in [4.69, 9.17) is 35.9 Å². The van der Waals surface area contributed by atoms with E-state index >= 15 is 0 Å². The molecule has 11 N–H and O–H groups in total. The van der Waals surface area contributed by atoms with E-state index in [-0.39, 0.29) is 78.6 Å². The number of aliphatic hydroxyl groups is 1. The van der Waals surface area contributed by atoms with Crippen molar-refractivity contribution in [1.82, 2.24) is 26.6 Å². The van der Waals surface area contributed by atoms with Crippen LogP contribution in [0.25, 0.3) is 0 Å². The van der Waals surface area contributed by atoms with Gasteiger partial charge in [0.15, 0.2) is 5.78 Å². The smallest absolute Gasteiger partial charge is 0.408 e. The number of hydrogen-bond acceptors (Lipinski definition) is 13. The van der Waals surface area contributed by atoms with E-state index in [9.17, 15) is 33.6 Å². The van der Waals surface area contributed by atoms with Crippen LogP contribution in [0.4, 0.5) is 14.4 Å². The molecule has 3 aromatic carbocycles. The van der Waals surface area contributed by atoms with Crippen molar-refractivity contribution in [3.63, 3.8) is 0 Å². The topological polar surface area (TPSA) is 300 Å². The lowest BCUT2D eigenvalue weighted by Crippen LogP contribution is -2.51. The summed E-state index contributed by atoms with van der Waals surface area (Å²) in [7, 11) is 0. The molecule has 0 fully saturated rings. The Labute approximate surface area is 408 Å². The molecule has 69 heavy (non-hydrogen) atoms. The number of Topliss-reactive ketones (excluding diaryl/α,β-unsaturated/α-hetero) is 1. The molecule has 0 spiro atoms. The van der Waals surface area contributed by atoms with Crippen molar-refractivity contribution in [3.05, 3.63) is 108 Å². The number of aliphatic carboxylic acids is 1. The van der Waals surface area contributed by atoms with Gasteiger partial charge in [-0.25, -0.2) is 19.2 Å². The fourth-order valence-electron chi connectivity index (χ4n) is 5.60. The normalized spacial score (nSPS) is 11.6. The van der Waals surface area contributed by atoms with Gasteiger partial charge in [-0.2, -0.15) is 0 Å². The zero-order chi connectivity index (χ0) is 50.1. The summed E-state index contributed by atoms with van der Waals surface area (Å²) in [6, 6.07) is 24.8. The molecule has 0 unspecified atom stereocenters. The van der Waals surface area contributed by atoms with Crippen LogP contribution >= 0.6 is 0 Å². The fraction of sp³-hybridized carbons (Fsp3) is 0.500. The number of nitrogens with two attached hydrogens (primary N) is 2. The van der Waals surface area contributed by atoms with Gasteiger partial charge in [0, 0.05) is 13.1 Å². The first-order valence-corrected chi connectivity index (χ1v) is 22.1. The van der Waals surface area contributed by atoms with Crippen molar-refractivity contribution < 1.29 is 58.0 Å². The van der Waals surface area contributed by atoms with E-state index in [2.05, 4.69) is 26.6 Å². The molecule has 0 bridgehead atoms. The summed E-state index contributed by atoms with van der Waals surface area (Å²) in [6.07, 6.45) is -1.67. The lowest BCUT2D eigenvalue weighted by molar-refractivity contribution is -0.139. The van der Waals surface area contributed by atoms with E-state index < -0.39 is 66.1 Å². The van der Waals surface area contributed by atoms with E-state index in [0.717, 1.165) is 16.7 Å². The van der Waals surface area contributed by atoms with Crippen LogP contribution in [0.15, 0.2) is 91.0 Å². The number of amides is 5. The third kappa shape index (κ3) is 31.9. The van der Waals surface area contributed by atoms with Crippen molar-refractivity contribution in [2.24, 2.45) is 29.2 Å². The number of rotatable bonds is 24. The quantitative estimate of drug-likeness (QED) is 0.0507. The Kier molecular flexibility index (Phi) is 35.0. The van der Waals surface area contributed by atoms with E-state index in [1.807, 2.05) is 133 Å². The molecular weight excluding hydrogens is 891 g/mol. The predicted octanol–water partition coefficient (Wildman–Crippen LogP) is 5.42. The van der Waals surface area contributed by atoms with Crippen molar-refractivity contribution in [1.29, 1.82) is 0 Å². The number of ketones is 1. The predicted molar refractivity (Wildman–Crippen MR) is 265 cm³/mol. The maximum absolute atomic E-state index is 12.8. The second-order valence-electron chi connectivity index (χ2n) is 16.6. The number of hydrogen-bond donors (Lipinski definition) is 9. The first-order valence-electron chi connectivity index (χ1n) is 22.1. The molecule has 5 amide bonds. The second-order valence-corrected chi connectivity index (χ2v) is 16.6. The van der Waals surface area contributed by atoms with Crippen LogP contribution in [-0.2, 0) is 53.2 Å². The molecule has 19 nitrogen and oxygen atoms in total. The fourth-order valence-corrected chi connectivity index (χ4v) is 5.60. The molecule has 3 rings (SSSR count).